The van der Waals surface area contributed by atoms with Crippen molar-refractivity contribution in [3.8, 4) is 0 Å². The number of ether oxygens (including phenoxy) is 1. The van der Waals surface area contributed by atoms with Crippen molar-refractivity contribution in [2.24, 2.45) is 5.92 Å². The van der Waals surface area contributed by atoms with Crippen molar-refractivity contribution in [1.82, 2.24) is 10.2 Å². The van der Waals surface area contributed by atoms with E-state index in [9.17, 15) is 9.59 Å². The van der Waals surface area contributed by atoms with E-state index in [1.165, 1.54) is 0 Å². The summed E-state index contributed by atoms with van der Waals surface area (Å²) in [6.45, 7) is 3.69. The molecule has 2 fully saturated rings. The number of ketones is 1. The lowest BCUT2D eigenvalue weighted by molar-refractivity contribution is -0.153. The third-order valence-electron chi connectivity index (χ3n) is 4.48. The molecule has 2 saturated heterocycles. The van der Waals surface area contributed by atoms with Crippen molar-refractivity contribution in [3.63, 3.8) is 0 Å². The van der Waals surface area contributed by atoms with Crippen LogP contribution >= 0.6 is 0 Å². The van der Waals surface area contributed by atoms with Gasteiger partial charge in [-0.1, -0.05) is 12.8 Å². The van der Waals surface area contributed by atoms with Crippen LogP contribution in [0.2, 0.25) is 0 Å². The van der Waals surface area contributed by atoms with Crippen LogP contribution in [0.3, 0.4) is 0 Å². The third-order valence-corrected chi connectivity index (χ3v) is 4.48. The SMILES string of the molecule is CN1CCC(C2CNCCCCCCC(=O)CC(=O)O2)C1. The lowest BCUT2D eigenvalue weighted by atomic mass is 10.0. The number of hydrogen-bond donors (Lipinski definition) is 1. The van der Waals surface area contributed by atoms with Gasteiger partial charge in [-0.2, -0.15) is 0 Å². The van der Waals surface area contributed by atoms with Gasteiger partial charge in [-0.15, -0.1) is 0 Å². The second kappa shape index (κ2) is 8.49. The molecule has 0 spiro atoms. The number of carbonyl (C=O) groups is 2. The van der Waals surface area contributed by atoms with Crippen molar-refractivity contribution < 1.29 is 14.3 Å². The van der Waals surface area contributed by atoms with Gasteiger partial charge in [0.15, 0.2) is 0 Å². The van der Waals surface area contributed by atoms with E-state index in [1.807, 2.05) is 0 Å². The van der Waals surface area contributed by atoms with Crippen molar-refractivity contribution >= 4 is 11.8 Å². The zero-order valence-electron chi connectivity index (χ0n) is 13.1. The van der Waals surface area contributed by atoms with Crippen LogP contribution in [0.25, 0.3) is 0 Å². The van der Waals surface area contributed by atoms with E-state index in [-0.39, 0.29) is 24.3 Å². The van der Waals surface area contributed by atoms with Crippen LogP contribution in [-0.2, 0) is 14.3 Å². The number of hydrogen-bond acceptors (Lipinski definition) is 5. The zero-order chi connectivity index (χ0) is 15.1. The first-order valence-corrected chi connectivity index (χ1v) is 8.25. The maximum absolute atomic E-state index is 12.0. The highest BCUT2D eigenvalue weighted by atomic mass is 16.5. The molecular weight excluding hydrogens is 268 g/mol. The number of likely N-dealkylation sites (tertiary alicyclic amines) is 1. The van der Waals surface area contributed by atoms with Gasteiger partial charge in [0.2, 0.25) is 0 Å². The van der Waals surface area contributed by atoms with Crippen LogP contribution in [0.1, 0.15) is 44.9 Å². The summed E-state index contributed by atoms with van der Waals surface area (Å²) < 4.78 is 5.62. The Morgan fingerprint density at radius 2 is 2.00 bits per heavy atom. The second-order valence-electron chi connectivity index (χ2n) is 6.42. The predicted molar refractivity (Wildman–Crippen MR) is 81.1 cm³/mol. The smallest absolute Gasteiger partial charge is 0.313 e. The molecule has 1 N–H and O–H groups in total. The van der Waals surface area contributed by atoms with Crippen molar-refractivity contribution in [2.75, 3.05) is 33.2 Å². The van der Waals surface area contributed by atoms with E-state index >= 15 is 0 Å². The Labute approximate surface area is 127 Å². The van der Waals surface area contributed by atoms with Gasteiger partial charge >= 0.3 is 5.97 Å². The van der Waals surface area contributed by atoms with E-state index in [0.717, 1.165) is 51.7 Å². The molecule has 5 nitrogen and oxygen atoms in total. The zero-order valence-corrected chi connectivity index (χ0v) is 13.1. The number of esters is 1. The Hall–Kier alpha value is -0.940. The molecule has 0 aromatic rings. The van der Waals surface area contributed by atoms with E-state index in [2.05, 4.69) is 17.3 Å². The minimum absolute atomic E-state index is 0.0227. The van der Waals surface area contributed by atoms with Gasteiger partial charge in [-0.3, -0.25) is 9.59 Å². The van der Waals surface area contributed by atoms with Gasteiger partial charge in [0.05, 0.1) is 0 Å². The summed E-state index contributed by atoms with van der Waals surface area (Å²) in [7, 11) is 2.10. The molecule has 0 aromatic carbocycles. The van der Waals surface area contributed by atoms with Gasteiger partial charge < -0.3 is 15.0 Å². The third kappa shape index (κ3) is 5.75. The van der Waals surface area contributed by atoms with E-state index in [1.54, 1.807) is 0 Å². The Morgan fingerprint density at radius 1 is 1.19 bits per heavy atom. The highest BCUT2D eigenvalue weighted by Crippen LogP contribution is 2.21. The molecule has 0 amide bonds. The summed E-state index contributed by atoms with van der Waals surface area (Å²) in [5, 5.41) is 3.42. The van der Waals surface area contributed by atoms with E-state index < -0.39 is 0 Å². The van der Waals surface area contributed by atoms with Crippen LogP contribution in [0, 0.1) is 5.92 Å². The molecule has 5 heteroatoms. The fraction of sp³-hybridized carbons (Fsp3) is 0.875. The maximum Gasteiger partial charge on any atom is 0.313 e. The molecule has 120 valence electrons. The molecule has 2 aliphatic rings. The first kappa shape index (κ1) is 16.4. The van der Waals surface area contributed by atoms with Crippen LogP contribution in [0.5, 0.6) is 0 Å². The molecule has 21 heavy (non-hydrogen) atoms. The Balaban J connectivity index is 1.92. The molecule has 2 aliphatic heterocycles. The molecule has 2 heterocycles. The van der Waals surface area contributed by atoms with Gasteiger partial charge in [0, 0.05) is 25.4 Å². The van der Waals surface area contributed by atoms with Gasteiger partial charge in [-0.25, -0.2) is 0 Å². The molecule has 2 unspecified atom stereocenters. The summed E-state index contributed by atoms with van der Waals surface area (Å²) in [6, 6.07) is 0. The summed E-state index contributed by atoms with van der Waals surface area (Å²) in [6.07, 6.45) is 5.65. The Bertz CT molecular complexity index is 359. The topological polar surface area (TPSA) is 58.6 Å². The average Bonchev–Trinajstić information content (AvgIpc) is 2.86. The van der Waals surface area contributed by atoms with E-state index in [0.29, 0.717) is 18.9 Å². The number of carbonyl (C=O) groups excluding carboxylic acids is 2. The van der Waals surface area contributed by atoms with Crippen LogP contribution in [0.15, 0.2) is 0 Å². The normalized spacial score (nSPS) is 31.1. The van der Waals surface area contributed by atoms with Crippen molar-refractivity contribution in [3.05, 3.63) is 0 Å². The molecule has 2 atom stereocenters. The Morgan fingerprint density at radius 3 is 2.76 bits per heavy atom. The van der Waals surface area contributed by atoms with Crippen LogP contribution < -0.4 is 5.32 Å². The molecule has 0 aliphatic carbocycles. The highest BCUT2D eigenvalue weighted by molar-refractivity contribution is 5.95. The second-order valence-corrected chi connectivity index (χ2v) is 6.42. The average molecular weight is 296 g/mol. The van der Waals surface area contributed by atoms with Gasteiger partial charge in [0.25, 0.3) is 0 Å². The van der Waals surface area contributed by atoms with Crippen molar-refractivity contribution in [1.29, 1.82) is 0 Å². The molecule has 0 radical (unpaired) electrons. The lowest BCUT2D eigenvalue weighted by Crippen LogP contribution is -2.38. The minimum Gasteiger partial charge on any atom is -0.460 e. The van der Waals surface area contributed by atoms with Crippen LogP contribution in [-0.4, -0.2) is 56.0 Å². The quantitative estimate of drug-likeness (QED) is 0.585. The maximum atomic E-state index is 12.0. The summed E-state index contributed by atoms with van der Waals surface area (Å²) >= 11 is 0. The molecule has 2 rings (SSSR count). The number of rotatable bonds is 1. The monoisotopic (exact) mass is 296 g/mol. The number of cyclic esters (lactones) is 1. The number of nitrogens with one attached hydrogen (secondary N) is 1. The minimum atomic E-state index is -0.347. The van der Waals surface area contributed by atoms with Crippen LogP contribution in [0.4, 0.5) is 0 Å². The number of Topliss-reactive ketones (excluding diaryl/α,β-unsaturated/α-hetero) is 1. The summed E-state index contributed by atoms with van der Waals surface area (Å²) in [4.78, 5) is 26.0. The largest absolute Gasteiger partial charge is 0.460 e. The predicted octanol–water partition coefficient (Wildman–Crippen LogP) is 1.36. The highest BCUT2D eigenvalue weighted by Gasteiger charge is 2.30. The molecule has 0 aromatic heterocycles. The fourth-order valence-electron chi connectivity index (χ4n) is 3.21. The fourth-order valence-corrected chi connectivity index (χ4v) is 3.21. The van der Waals surface area contributed by atoms with Gasteiger partial charge in [-0.05, 0) is 39.4 Å². The summed E-state index contributed by atoms with van der Waals surface area (Å²) in [5.41, 5.74) is 0. The molecular formula is C16H28N2O3. The standard InChI is InChI=1S/C16H28N2O3/c1-18-9-7-13(12-18)15-11-17-8-5-3-2-4-6-14(19)10-16(20)21-15/h13,15,17H,2-12H2,1H3. The molecule has 0 bridgehead atoms. The van der Waals surface area contributed by atoms with Gasteiger partial charge in [0.1, 0.15) is 18.3 Å². The lowest BCUT2D eigenvalue weighted by Gasteiger charge is -2.24. The first-order chi connectivity index (χ1) is 10.1. The first-order valence-electron chi connectivity index (χ1n) is 8.25. The van der Waals surface area contributed by atoms with E-state index in [4.69, 9.17) is 4.74 Å². The molecule has 0 saturated carbocycles. The Kier molecular flexibility index (Phi) is 6.64. The van der Waals surface area contributed by atoms with Crippen molar-refractivity contribution in [2.45, 2.75) is 51.0 Å². The number of nitrogens with zero attached hydrogens (tertiary/aromatic N) is 1. The summed E-state index contributed by atoms with van der Waals surface area (Å²) in [5.74, 6) is 0.0572.